The van der Waals surface area contributed by atoms with Crippen LogP contribution in [-0.4, -0.2) is 42.3 Å². The Labute approximate surface area is 68.8 Å². The Morgan fingerprint density at radius 2 is 2.00 bits per heavy atom. The molecule has 0 heterocycles. The second-order valence-electron chi connectivity index (χ2n) is 2.75. The van der Waals surface area contributed by atoms with E-state index in [4.69, 9.17) is 5.41 Å². The molecule has 0 aliphatic rings. The molecule has 0 bridgehead atoms. The van der Waals surface area contributed by atoms with E-state index in [0.717, 1.165) is 13.0 Å². The number of nitrogens with one attached hydrogen (secondary N) is 1. The molecule has 0 fully saturated rings. The van der Waals surface area contributed by atoms with Crippen molar-refractivity contribution in [2.45, 2.75) is 26.4 Å². The third-order valence-electron chi connectivity index (χ3n) is 1.81. The topological polar surface area (TPSA) is 30.1 Å². The minimum atomic E-state index is 0.317. The molecule has 0 amide bonds. The molecule has 0 saturated carbocycles. The van der Waals surface area contributed by atoms with Crippen LogP contribution in [0.15, 0.2) is 0 Å². The van der Waals surface area contributed by atoms with Crippen LogP contribution in [0.2, 0.25) is 0 Å². The number of hydrogen-bond donors (Lipinski definition) is 1. The zero-order valence-electron chi connectivity index (χ0n) is 7.89. The van der Waals surface area contributed by atoms with E-state index in [0.29, 0.717) is 6.17 Å². The first-order chi connectivity index (χ1) is 5.17. The van der Waals surface area contributed by atoms with Crippen LogP contribution >= 0.6 is 0 Å². The molecule has 1 unspecified atom stereocenters. The number of hydrogen-bond acceptors (Lipinski definition) is 2. The van der Waals surface area contributed by atoms with Crippen LogP contribution in [0.4, 0.5) is 0 Å². The van der Waals surface area contributed by atoms with Gasteiger partial charge in [0.1, 0.15) is 0 Å². The van der Waals surface area contributed by atoms with Crippen LogP contribution in [0.5, 0.6) is 0 Å². The molecule has 0 aromatic rings. The summed E-state index contributed by atoms with van der Waals surface area (Å²) in [6.45, 7) is 5.00. The highest BCUT2D eigenvalue weighted by Crippen LogP contribution is 1.98. The normalized spacial score (nSPS) is 12.8. The molecule has 0 aliphatic heterocycles. The van der Waals surface area contributed by atoms with Gasteiger partial charge in [-0.25, -0.2) is 4.58 Å². The van der Waals surface area contributed by atoms with Gasteiger partial charge in [-0.05, 0) is 27.4 Å². The Hall–Kier alpha value is -0.660. The monoisotopic (exact) mass is 156 g/mol. The minimum absolute atomic E-state index is 0.317. The average Bonchev–Trinajstić information content (AvgIpc) is 1.99. The van der Waals surface area contributed by atoms with Crippen molar-refractivity contribution in [1.29, 1.82) is 5.41 Å². The van der Waals surface area contributed by atoms with E-state index in [9.17, 15) is 0 Å². The molecule has 0 rings (SSSR count). The SMILES string of the molecule is CCC(N(C)C)[N+](=C=N)CC. The van der Waals surface area contributed by atoms with E-state index in [1.165, 1.54) is 0 Å². The average molecular weight is 156 g/mol. The van der Waals surface area contributed by atoms with Gasteiger partial charge in [0, 0.05) is 0 Å². The first kappa shape index (κ1) is 10.3. The van der Waals surface area contributed by atoms with Crippen molar-refractivity contribution in [3.8, 4) is 0 Å². The minimum Gasteiger partial charge on any atom is -0.271 e. The Balaban J connectivity index is 4.35. The van der Waals surface area contributed by atoms with Gasteiger partial charge in [-0.15, -0.1) is 0 Å². The summed E-state index contributed by atoms with van der Waals surface area (Å²) in [6, 6.07) is 2.43. The van der Waals surface area contributed by atoms with Crippen molar-refractivity contribution in [3.05, 3.63) is 0 Å². The molecule has 1 N–H and O–H groups in total. The third kappa shape index (κ3) is 2.83. The Morgan fingerprint density at radius 1 is 1.45 bits per heavy atom. The molecular formula is C8H18N3+. The predicted octanol–water partition coefficient (Wildman–Crippen LogP) is 1.07. The molecule has 0 aromatic carbocycles. The van der Waals surface area contributed by atoms with Gasteiger partial charge in [0.25, 0.3) is 0 Å². The fourth-order valence-electron chi connectivity index (χ4n) is 1.23. The van der Waals surface area contributed by atoms with Gasteiger partial charge in [-0.1, -0.05) is 12.3 Å². The van der Waals surface area contributed by atoms with Gasteiger partial charge in [-0.2, -0.15) is 0 Å². The van der Waals surface area contributed by atoms with Gasteiger partial charge in [0.15, 0.2) is 6.17 Å². The molecular weight excluding hydrogens is 138 g/mol. The molecule has 0 spiro atoms. The summed E-state index contributed by atoms with van der Waals surface area (Å²) in [7, 11) is 4.04. The summed E-state index contributed by atoms with van der Waals surface area (Å²) in [6.07, 6.45) is 1.34. The summed E-state index contributed by atoms with van der Waals surface area (Å²) >= 11 is 0. The Kier molecular flexibility index (Phi) is 4.75. The van der Waals surface area contributed by atoms with E-state index >= 15 is 0 Å². The van der Waals surface area contributed by atoms with Crippen molar-refractivity contribution < 1.29 is 4.58 Å². The first-order valence-electron chi connectivity index (χ1n) is 4.02. The van der Waals surface area contributed by atoms with E-state index in [1.54, 1.807) is 0 Å². The third-order valence-corrected chi connectivity index (χ3v) is 1.81. The molecule has 64 valence electrons. The molecule has 3 heteroatoms. The molecule has 0 aliphatic carbocycles. The summed E-state index contributed by atoms with van der Waals surface area (Å²) < 4.78 is 1.89. The van der Waals surface area contributed by atoms with E-state index < -0.39 is 0 Å². The highest BCUT2D eigenvalue weighted by atomic mass is 15.3. The van der Waals surface area contributed by atoms with Gasteiger partial charge < -0.3 is 0 Å². The quantitative estimate of drug-likeness (QED) is 0.368. The second kappa shape index (κ2) is 5.05. The predicted molar refractivity (Wildman–Crippen MR) is 46.3 cm³/mol. The Morgan fingerprint density at radius 3 is 2.09 bits per heavy atom. The highest BCUT2D eigenvalue weighted by Gasteiger charge is 2.14. The molecule has 0 radical (unpaired) electrons. The van der Waals surface area contributed by atoms with Gasteiger partial charge in [-0.3, -0.25) is 4.90 Å². The Bertz CT molecular complexity index is 157. The zero-order chi connectivity index (χ0) is 8.85. The van der Waals surface area contributed by atoms with Crippen molar-refractivity contribution in [2.75, 3.05) is 20.6 Å². The maximum Gasteiger partial charge on any atom is 0.305 e. The summed E-state index contributed by atoms with van der Waals surface area (Å²) in [5, 5.41) is 7.04. The summed E-state index contributed by atoms with van der Waals surface area (Å²) in [4.78, 5) is 2.10. The van der Waals surface area contributed by atoms with E-state index in [2.05, 4.69) is 17.8 Å². The van der Waals surface area contributed by atoms with Crippen LogP contribution < -0.4 is 0 Å². The summed E-state index contributed by atoms with van der Waals surface area (Å²) in [5.41, 5.74) is 0. The lowest BCUT2D eigenvalue weighted by atomic mass is 10.3. The maximum absolute atomic E-state index is 7.04. The summed E-state index contributed by atoms with van der Waals surface area (Å²) in [5.74, 6) is 0. The van der Waals surface area contributed by atoms with Gasteiger partial charge in [0.2, 0.25) is 0 Å². The fraction of sp³-hybridized carbons (Fsp3) is 0.875. The lowest BCUT2D eigenvalue weighted by molar-refractivity contribution is -0.581. The maximum atomic E-state index is 7.04. The van der Waals surface area contributed by atoms with Crippen molar-refractivity contribution >= 4 is 6.01 Å². The van der Waals surface area contributed by atoms with Crippen LogP contribution in [0.25, 0.3) is 0 Å². The molecule has 0 aromatic heterocycles. The van der Waals surface area contributed by atoms with Crippen LogP contribution in [-0.2, 0) is 0 Å². The zero-order valence-corrected chi connectivity index (χ0v) is 7.89. The molecule has 3 nitrogen and oxygen atoms in total. The molecule has 0 saturated heterocycles. The van der Waals surface area contributed by atoms with Crippen LogP contribution in [0.1, 0.15) is 20.3 Å². The smallest absolute Gasteiger partial charge is 0.271 e. The van der Waals surface area contributed by atoms with Crippen LogP contribution in [0.3, 0.4) is 0 Å². The second-order valence-corrected chi connectivity index (χ2v) is 2.75. The van der Waals surface area contributed by atoms with Crippen molar-refractivity contribution in [1.82, 2.24) is 4.90 Å². The standard InChI is InChI=1S/C8H18N3/c1-5-8(10(3)4)11(6-2)7-9/h8-9H,5-6H2,1-4H3/q+1. The van der Waals surface area contributed by atoms with E-state index in [1.807, 2.05) is 25.6 Å². The van der Waals surface area contributed by atoms with Crippen LogP contribution in [0, 0.1) is 5.41 Å². The fourth-order valence-corrected chi connectivity index (χ4v) is 1.23. The largest absolute Gasteiger partial charge is 0.305 e. The molecule has 1 atom stereocenters. The highest BCUT2D eigenvalue weighted by molar-refractivity contribution is 5.28. The number of rotatable bonds is 4. The van der Waals surface area contributed by atoms with Crippen molar-refractivity contribution in [3.63, 3.8) is 0 Å². The lowest BCUT2D eigenvalue weighted by Gasteiger charge is -2.20. The first-order valence-corrected chi connectivity index (χ1v) is 4.02. The lowest BCUT2D eigenvalue weighted by Crippen LogP contribution is -2.38. The molecule has 11 heavy (non-hydrogen) atoms. The van der Waals surface area contributed by atoms with Crippen molar-refractivity contribution in [2.24, 2.45) is 0 Å². The van der Waals surface area contributed by atoms with E-state index in [-0.39, 0.29) is 0 Å². The van der Waals surface area contributed by atoms with Gasteiger partial charge in [0.05, 0.1) is 6.54 Å². The van der Waals surface area contributed by atoms with Gasteiger partial charge >= 0.3 is 6.01 Å². The number of nitrogens with zero attached hydrogens (tertiary/aromatic N) is 2.